The summed E-state index contributed by atoms with van der Waals surface area (Å²) in [5.74, 6) is 2.78. The van der Waals surface area contributed by atoms with Crippen LogP contribution in [0.5, 0.6) is 0 Å². The van der Waals surface area contributed by atoms with E-state index in [0.29, 0.717) is 23.7 Å². The number of hydrogen-bond acceptors (Lipinski definition) is 4. The molecule has 2 unspecified atom stereocenters. The Morgan fingerprint density at radius 3 is 2.76 bits per heavy atom. The average Bonchev–Trinajstić information content (AvgIpc) is 3.32. The molecule has 0 saturated heterocycles. The van der Waals surface area contributed by atoms with Gasteiger partial charge in [0.25, 0.3) is 0 Å². The summed E-state index contributed by atoms with van der Waals surface area (Å²) in [6.45, 7) is 11.1. The maximum Gasteiger partial charge on any atom is 0.117 e. The monoisotopic (exact) mass is 401 g/mol. The molecule has 0 aromatic carbocycles. The number of aliphatic hydroxyl groups excluding tert-OH is 2. The Balaban J connectivity index is 1.52. The molecule has 3 saturated carbocycles. The average molecular weight is 402 g/mol. The van der Waals surface area contributed by atoms with Gasteiger partial charge in [0, 0.05) is 6.61 Å². The van der Waals surface area contributed by atoms with Crippen LogP contribution < -0.4 is 5.32 Å². The van der Waals surface area contributed by atoms with E-state index < -0.39 is 0 Å². The summed E-state index contributed by atoms with van der Waals surface area (Å²) in [6.07, 6.45) is 8.95. The normalized spacial score (nSPS) is 42.8. The van der Waals surface area contributed by atoms with Crippen molar-refractivity contribution in [3.63, 3.8) is 0 Å². The lowest BCUT2D eigenvalue weighted by Crippen LogP contribution is -2.53. The van der Waals surface area contributed by atoms with Crippen LogP contribution in [-0.2, 0) is 6.54 Å². The van der Waals surface area contributed by atoms with E-state index in [1.807, 2.05) is 12.1 Å². The van der Waals surface area contributed by atoms with Crippen LogP contribution in [0.4, 0.5) is 0 Å². The Morgan fingerprint density at radius 2 is 2.03 bits per heavy atom. The number of fused-ring (bicyclic) bond motifs is 1. The van der Waals surface area contributed by atoms with Gasteiger partial charge in [-0.3, -0.25) is 0 Å². The fraction of sp³-hybridized carbons (Fsp3) is 0.760. The molecule has 1 heterocycles. The molecule has 3 aliphatic rings. The quantitative estimate of drug-likeness (QED) is 0.613. The number of furan rings is 1. The van der Waals surface area contributed by atoms with Crippen LogP contribution in [0.15, 0.2) is 35.0 Å². The molecular weight excluding hydrogens is 362 g/mol. The third kappa shape index (κ3) is 3.73. The largest absolute Gasteiger partial charge is 0.468 e. The van der Waals surface area contributed by atoms with Crippen molar-refractivity contribution in [2.75, 3.05) is 13.2 Å². The molecule has 4 nitrogen and oxygen atoms in total. The van der Waals surface area contributed by atoms with Crippen LogP contribution in [0, 0.1) is 34.5 Å². The summed E-state index contributed by atoms with van der Waals surface area (Å²) >= 11 is 0. The molecule has 0 bridgehead atoms. The maximum absolute atomic E-state index is 10.5. The predicted molar refractivity (Wildman–Crippen MR) is 115 cm³/mol. The molecule has 3 aliphatic carbocycles. The molecule has 0 spiro atoms. The van der Waals surface area contributed by atoms with Crippen molar-refractivity contribution >= 4 is 0 Å². The summed E-state index contributed by atoms with van der Waals surface area (Å²) in [5.41, 5.74) is 1.76. The standard InChI is InChI=1S/C25H39NO3/c1-17-6-7-22-21(16-27)23(9-11-24(17,22)2)25(3)10-8-19(28)13-18(25)14-26-15-20-5-4-12-29-20/h4-5,12,18-19,21-23,26-28H,1,6-11,13-16H2,2-3H3/t18-,19+,21-,22?,23?,24+,25+/m1/s1. The highest BCUT2D eigenvalue weighted by Crippen LogP contribution is 2.63. The first-order valence-corrected chi connectivity index (χ1v) is 11.6. The van der Waals surface area contributed by atoms with Crippen LogP contribution in [0.2, 0.25) is 0 Å². The number of rotatable bonds is 6. The summed E-state index contributed by atoms with van der Waals surface area (Å²) in [5, 5.41) is 24.5. The summed E-state index contributed by atoms with van der Waals surface area (Å²) in [7, 11) is 0. The molecular formula is C25H39NO3. The molecule has 0 aliphatic heterocycles. The zero-order valence-electron chi connectivity index (χ0n) is 18.2. The van der Waals surface area contributed by atoms with Gasteiger partial charge in [-0.25, -0.2) is 0 Å². The van der Waals surface area contributed by atoms with Crippen LogP contribution in [-0.4, -0.2) is 29.5 Å². The molecule has 29 heavy (non-hydrogen) atoms. The van der Waals surface area contributed by atoms with Crippen molar-refractivity contribution < 1.29 is 14.6 Å². The molecule has 3 N–H and O–H groups in total. The Bertz CT molecular complexity index is 701. The topological polar surface area (TPSA) is 65.6 Å². The van der Waals surface area contributed by atoms with E-state index in [1.54, 1.807) is 6.26 Å². The van der Waals surface area contributed by atoms with Crippen LogP contribution in [0.25, 0.3) is 0 Å². The first-order chi connectivity index (χ1) is 13.9. The lowest BCUT2D eigenvalue weighted by atomic mass is 9.49. The molecule has 0 amide bonds. The van der Waals surface area contributed by atoms with Gasteiger partial charge in [-0.05, 0) is 98.1 Å². The lowest BCUT2D eigenvalue weighted by Gasteiger charge is -2.56. The van der Waals surface area contributed by atoms with E-state index in [4.69, 9.17) is 4.42 Å². The van der Waals surface area contributed by atoms with Crippen molar-refractivity contribution in [1.82, 2.24) is 5.32 Å². The third-order valence-corrected chi connectivity index (χ3v) is 9.22. The zero-order chi connectivity index (χ0) is 20.6. The lowest BCUT2D eigenvalue weighted by molar-refractivity contribution is -0.0930. The number of hydrogen-bond donors (Lipinski definition) is 3. The van der Waals surface area contributed by atoms with Crippen molar-refractivity contribution in [2.45, 2.75) is 71.4 Å². The van der Waals surface area contributed by atoms with Crippen molar-refractivity contribution in [1.29, 1.82) is 0 Å². The third-order valence-electron chi connectivity index (χ3n) is 9.22. The minimum atomic E-state index is -0.203. The smallest absolute Gasteiger partial charge is 0.117 e. The van der Waals surface area contributed by atoms with Gasteiger partial charge in [0.15, 0.2) is 0 Å². The molecule has 7 atom stereocenters. The predicted octanol–water partition coefficient (Wildman–Crippen LogP) is 4.53. The molecule has 4 heteroatoms. The number of allylic oxidation sites excluding steroid dienone is 1. The van der Waals surface area contributed by atoms with Crippen molar-refractivity contribution in [3.05, 3.63) is 36.3 Å². The van der Waals surface area contributed by atoms with E-state index in [0.717, 1.165) is 44.5 Å². The van der Waals surface area contributed by atoms with Gasteiger partial charge in [-0.1, -0.05) is 26.0 Å². The first kappa shape index (κ1) is 21.1. The van der Waals surface area contributed by atoms with Gasteiger partial charge in [-0.15, -0.1) is 0 Å². The molecule has 4 rings (SSSR count). The van der Waals surface area contributed by atoms with Gasteiger partial charge >= 0.3 is 0 Å². The van der Waals surface area contributed by atoms with Crippen LogP contribution in [0.1, 0.15) is 64.6 Å². The second kappa shape index (κ2) is 8.20. The Kier molecular flexibility index (Phi) is 5.98. The fourth-order valence-corrected chi connectivity index (χ4v) is 7.25. The van der Waals surface area contributed by atoms with Crippen molar-refractivity contribution in [2.24, 2.45) is 34.5 Å². The van der Waals surface area contributed by atoms with Gasteiger partial charge in [0.05, 0.1) is 18.9 Å². The van der Waals surface area contributed by atoms with E-state index >= 15 is 0 Å². The second-order valence-corrected chi connectivity index (χ2v) is 10.5. The second-order valence-electron chi connectivity index (χ2n) is 10.5. The minimum absolute atomic E-state index is 0.147. The Morgan fingerprint density at radius 1 is 1.21 bits per heavy atom. The van der Waals surface area contributed by atoms with Crippen molar-refractivity contribution in [3.8, 4) is 0 Å². The summed E-state index contributed by atoms with van der Waals surface area (Å²) in [4.78, 5) is 0. The SMILES string of the molecule is C=C1CCC2[C@@H](CO)C([C@@]3(C)CC[C@H](O)C[C@@H]3CNCc3ccco3)CC[C@@]12C. The Labute approximate surface area is 175 Å². The fourth-order valence-electron chi connectivity index (χ4n) is 7.25. The molecule has 162 valence electrons. The molecule has 1 aromatic heterocycles. The summed E-state index contributed by atoms with van der Waals surface area (Å²) < 4.78 is 5.46. The first-order valence-electron chi connectivity index (χ1n) is 11.6. The highest BCUT2D eigenvalue weighted by Gasteiger charge is 2.56. The van der Waals surface area contributed by atoms with E-state index in [1.165, 1.54) is 24.8 Å². The van der Waals surface area contributed by atoms with Gasteiger partial charge < -0.3 is 19.9 Å². The Hall–Kier alpha value is -1.10. The van der Waals surface area contributed by atoms with E-state index in [-0.39, 0.29) is 23.5 Å². The minimum Gasteiger partial charge on any atom is -0.468 e. The maximum atomic E-state index is 10.5. The van der Waals surface area contributed by atoms with Gasteiger partial charge in [-0.2, -0.15) is 0 Å². The van der Waals surface area contributed by atoms with Gasteiger partial charge in [0.2, 0.25) is 0 Å². The highest BCUT2D eigenvalue weighted by molar-refractivity contribution is 5.20. The van der Waals surface area contributed by atoms with Gasteiger partial charge in [0.1, 0.15) is 5.76 Å². The van der Waals surface area contributed by atoms with E-state index in [2.05, 4.69) is 25.7 Å². The summed E-state index contributed by atoms with van der Waals surface area (Å²) in [6, 6.07) is 3.92. The number of nitrogens with one attached hydrogen (secondary N) is 1. The van der Waals surface area contributed by atoms with Crippen LogP contribution in [0.3, 0.4) is 0 Å². The molecule has 3 fully saturated rings. The molecule has 1 aromatic rings. The van der Waals surface area contributed by atoms with E-state index in [9.17, 15) is 10.2 Å². The number of aliphatic hydroxyl groups is 2. The molecule has 0 radical (unpaired) electrons. The highest BCUT2D eigenvalue weighted by atomic mass is 16.3. The van der Waals surface area contributed by atoms with Crippen LogP contribution >= 0.6 is 0 Å². The zero-order valence-corrected chi connectivity index (χ0v) is 18.2.